The standard InChI is InChI=1S/C11H12ClN3O2/c1-15-11(13)4-8(14-15)6-3-7(12)10(17-2)5-9(6)16/h3-5,16H,13H2,1-2H3. The van der Waals surface area contributed by atoms with E-state index >= 15 is 0 Å². The Kier molecular flexibility index (Phi) is 2.85. The van der Waals surface area contributed by atoms with Crippen molar-refractivity contribution in [3.8, 4) is 22.8 Å². The number of hydrogen-bond donors (Lipinski definition) is 2. The molecule has 0 unspecified atom stereocenters. The number of anilines is 1. The van der Waals surface area contributed by atoms with Gasteiger partial charge >= 0.3 is 0 Å². The van der Waals surface area contributed by atoms with Gasteiger partial charge < -0.3 is 15.6 Å². The molecule has 6 heteroatoms. The monoisotopic (exact) mass is 253 g/mol. The second-order valence-electron chi connectivity index (χ2n) is 3.58. The molecule has 1 heterocycles. The van der Waals surface area contributed by atoms with Crippen molar-refractivity contribution >= 4 is 17.4 Å². The van der Waals surface area contributed by atoms with Crippen molar-refractivity contribution in [2.24, 2.45) is 7.05 Å². The molecule has 0 amide bonds. The molecule has 1 aromatic heterocycles. The predicted octanol–water partition coefficient (Wildman–Crippen LogP) is 2.04. The number of nitrogens with two attached hydrogens (primary N) is 1. The Morgan fingerprint density at radius 2 is 2.12 bits per heavy atom. The summed E-state index contributed by atoms with van der Waals surface area (Å²) in [5.41, 5.74) is 6.76. The summed E-state index contributed by atoms with van der Waals surface area (Å²) >= 11 is 6.00. The van der Waals surface area contributed by atoms with Gasteiger partial charge in [-0.1, -0.05) is 11.6 Å². The smallest absolute Gasteiger partial charge is 0.141 e. The average molecular weight is 254 g/mol. The number of nitrogens with zero attached hydrogens (tertiary/aromatic N) is 2. The predicted molar refractivity (Wildman–Crippen MR) is 66.3 cm³/mol. The molecule has 0 fully saturated rings. The number of phenolic OH excluding ortho intramolecular Hbond substituents is 1. The summed E-state index contributed by atoms with van der Waals surface area (Å²) in [5.74, 6) is 0.965. The average Bonchev–Trinajstić information content (AvgIpc) is 2.61. The van der Waals surface area contributed by atoms with Gasteiger partial charge in [0.15, 0.2) is 0 Å². The fourth-order valence-electron chi connectivity index (χ4n) is 1.52. The largest absolute Gasteiger partial charge is 0.507 e. The van der Waals surface area contributed by atoms with Gasteiger partial charge in [0, 0.05) is 24.7 Å². The number of aromatic hydroxyl groups is 1. The number of nitrogen functional groups attached to an aromatic ring is 1. The third-order valence-corrected chi connectivity index (χ3v) is 2.76. The van der Waals surface area contributed by atoms with E-state index < -0.39 is 0 Å². The number of ether oxygens (including phenoxy) is 1. The lowest BCUT2D eigenvalue weighted by Gasteiger charge is -2.07. The maximum atomic E-state index is 9.87. The van der Waals surface area contributed by atoms with Gasteiger partial charge in [0.25, 0.3) is 0 Å². The molecular weight excluding hydrogens is 242 g/mol. The first kappa shape index (κ1) is 11.6. The van der Waals surface area contributed by atoms with Crippen molar-refractivity contribution in [3.63, 3.8) is 0 Å². The Morgan fingerprint density at radius 3 is 2.65 bits per heavy atom. The first-order chi connectivity index (χ1) is 8.02. The van der Waals surface area contributed by atoms with Crippen molar-refractivity contribution in [2.75, 3.05) is 12.8 Å². The molecule has 17 heavy (non-hydrogen) atoms. The molecule has 0 bridgehead atoms. The molecule has 1 aromatic carbocycles. The van der Waals surface area contributed by atoms with Gasteiger partial charge in [-0.2, -0.15) is 5.10 Å². The Hall–Kier alpha value is -1.88. The lowest BCUT2D eigenvalue weighted by molar-refractivity contribution is 0.408. The molecule has 0 saturated heterocycles. The van der Waals surface area contributed by atoms with Crippen LogP contribution in [0.4, 0.5) is 5.82 Å². The third-order valence-electron chi connectivity index (χ3n) is 2.46. The molecule has 2 rings (SSSR count). The highest BCUT2D eigenvalue weighted by Gasteiger charge is 2.13. The Balaban J connectivity index is 2.56. The molecule has 0 atom stereocenters. The minimum atomic E-state index is 0.0457. The van der Waals surface area contributed by atoms with E-state index in [-0.39, 0.29) is 5.75 Å². The highest BCUT2D eigenvalue weighted by atomic mass is 35.5. The number of methoxy groups -OCH3 is 1. The van der Waals surface area contributed by atoms with Gasteiger partial charge in [-0.3, -0.25) is 4.68 Å². The maximum Gasteiger partial charge on any atom is 0.141 e. The first-order valence-corrected chi connectivity index (χ1v) is 5.27. The van der Waals surface area contributed by atoms with E-state index in [0.29, 0.717) is 27.8 Å². The minimum Gasteiger partial charge on any atom is -0.507 e. The van der Waals surface area contributed by atoms with Crippen LogP contribution in [0.1, 0.15) is 0 Å². The topological polar surface area (TPSA) is 73.3 Å². The summed E-state index contributed by atoms with van der Waals surface area (Å²) in [6.45, 7) is 0. The second-order valence-corrected chi connectivity index (χ2v) is 3.99. The number of benzene rings is 1. The molecule has 0 saturated carbocycles. The van der Waals surface area contributed by atoms with Crippen LogP contribution >= 0.6 is 11.6 Å². The summed E-state index contributed by atoms with van der Waals surface area (Å²) in [4.78, 5) is 0. The van der Waals surface area contributed by atoms with E-state index in [0.717, 1.165) is 0 Å². The molecular formula is C11H12ClN3O2. The van der Waals surface area contributed by atoms with Crippen LogP contribution in [0.5, 0.6) is 11.5 Å². The number of aryl methyl sites for hydroxylation is 1. The highest BCUT2D eigenvalue weighted by molar-refractivity contribution is 6.32. The zero-order valence-electron chi connectivity index (χ0n) is 9.44. The van der Waals surface area contributed by atoms with Crippen molar-refractivity contribution in [1.82, 2.24) is 9.78 Å². The van der Waals surface area contributed by atoms with Crippen molar-refractivity contribution in [3.05, 3.63) is 23.2 Å². The van der Waals surface area contributed by atoms with Crippen molar-refractivity contribution in [1.29, 1.82) is 0 Å². The third kappa shape index (κ3) is 2.01. The summed E-state index contributed by atoms with van der Waals surface area (Å²) in [7, 11) is 3.21. The van der Waals surface area contributed by atoms with E-state index in [9.17, 15) is 5.11 Å². The molecule has 3 N–H and O–H groups in total. The van der Waals surface area contributed by atoms with Crippen LogP contribution in [-0.4, -0.2) is 22.0 Å². The van der Waals surface area contributed by atoms with Crippen LogP contribution in [-0.2, 0) is 7.05 Å². The summed E-state index contributed by atoms with van der Waals surface area (Å²) in [6.07, 6.45) is 0. The van der Waals surface area contributed by atoms with Gasteiger partial charge in [0.1, 0.15) is 17.3 Å². The molecule has 0 aliphatic rings. The van der Waals surface area contributed by atoms with Crippen molar-refractivity contribution < 1.29 is 9.84 Å². The Morgan fingerprint density at radius 1 is 1.41 bits per heavy atom. The van der Waals surface area contributed by atoms with Crippen LogP contribution in [0.2, 0.25) is 5.02 Å². The normalized spacial score (nSPS) is 10.5. The van der Waals surface area contributed by atoms with Gasteiger partial charge in [-0.25, -0.2) is 0 Å². The zero-order valence-corrected chi connectivity index (χ0v) is 10.2. The van der Waals surface area contributed by atoms with Crippen molar-refractivity contribution in [2.45, 2.75) is 0 Å². The number of aromatic nitrogens is 2. The highest BCUT2D eigenvalue weighted by Crippen LogP contribution is 2.37. The van der Waals surface area contributed by atoms with Crippen LogP contribution in [0.15, 0.2) is 18.2 Å². The Bertz CT molecular complexity index is 547. The molecule has 90 valence electrons. The minimum absolute atomic E-state index is 0.0457. The molecule has 2 aromatic rings. The van der Waals surface area contributed by atoms with Gasteiger partial charge in [0.2, 0.25) is 0 Å². The summed E-state index contributed by atoms with van der Waals surface area (Å²) in [5, 5.41) is 14.4. The zero-order chi connectivity index (χ0) is 12.6. The number of rotatable bonds is 2. The lowest BCUT2D eigenvalue weighted by atomic mass is 10.1. The van der Waals surface area contributed by atoms with Crippen LogP contribution in [0, 0.1) is 0 Å². The summed E-state index contributed by atoms with van der Waals surface area (Å²) < 4.78 is 6.52. The second kappa shape index (κ2) is 4.18. The van der Waals surface area contributed by atoms with E-state index in [1.807, 2.05) is 0 Å². The summed E-state index contributed by atoms with van der Waals surface area (Å²) in [6, 6.07) is 4.71. The SMILES string of the molecule is COc1cc(O)c(-c2cc(N)n(C)n2)cc1Cl. The van der Waals surface area contributed by atoms with Crippen LogP contribution in [0.3, 0.4) is 0 Å². The van der Waals surface area contributed by atoms with Gasteiger partial charge in [-0.15, -0.1) is 0 Å². The quantitative estimate of drug-likeness (QED) is 0.859. The van der Waals surface area contributed by atoms with E-state index in [1.54, 1.807) is 19.2 Å². The molecule has 5 nitrogen and oxygen atoms in total. The van der Waals surface area contributed by atoms with Crippen LogP contribution < -0.4 is 10.5 Å². The van der Waals surface area contributed by atoms with Crippen LogP contribution in [0.25, 0.3) is 11.3 Å². The van der Waals surface area contributed by atoms with E-state index in [2.05, 4.69) is 5.10 Å². The van der Waals surface area contributed by atoms with E-state index in [1.165, 1.54) is 17.9 Å². The molecule has 0 aliphatic heterocycles. The molecule has 0 aliphatic carbocycles. The van der Waals surface area contributed by atoms with Gasteiger partial charge in [-0.05, 0) is 6.07 Å². The fourth-order valence-corrected chi connectivity index (χ4v) is 1.76. The number of hydrogen-bond acceptors (Lipinski definition) is 4. The lowest BCUT2D eigenvalue weighted by Crippen LogP contribution is -1.96. The van der Waals surface area contributed by atoms with E-state index in [4.69, 9.17) is 22.1 Å². The molecule has 0 spiro atoms. The molecule has 0 radical (unpaired) electrons. The fraction of sp³-hybridized carbons (Fsp3) is 0.182. The number of halogens is 1. The number of phenols is 1. The van der Waals surface area contributed by atoms with Gasteiger partial charge in [0.05, 0.1) is 17.8 Å². The first-order valence-electron chi connectivity index (χ1n) is 4.89. The Labute approximate surface area is 103 Å². The maximum absolute atomic E-state index is 9.87.